The van der Waals surface area contributed by atoms with E-state index in [2.05, 4.69) is 39.9 Å². The zero-order valence-electron chi connectivity index (χ0n) is 18.3. The summed E-state index contributed by atoms with van der Waals surface area (Å²) >= 11 is 0. The van der Waals surface area contributed by atoms with Gasteiger partial charge >= 0.3 is 11.9 Å². The summed E-state index contributed by atoms with van der Waals surface area (Å²) in [6.45, 7) is 18.4. The van der Waals surface area contributed by atoms with E-state index in [1.54, 1.807) is 0 Å². The quantitative estimate of drug-likeness (QED) is 0.505. The van der Waals surface area contributed by atoms with Crippen molar-refractivity contribution in [2.45, 2.75) is 91.1 Å². The number of ether oxygens (including phenoxy) is 2. The van der Waals surface area contributed by atoms with Crippen molar-refractivity contribution in [1.82, 2.24) is 0 Å². The second kappa shape index (κ2) is 7.26. The van der Waals surface area contributed by atoms with Crippen LogP contribution in [0.2, 0.25) is 18.1 Å². The molecule has 0 aromatic heterocycles. The smallest absolute Gasteiger partial charge is 0.310 e. The second-order valence-corrected chi connectivity index (χ2v) is 15.2. The van der Waals surface area contributed by atoms with Gasteiger partial charge in [0.05, 0.1) is 23.7 Å². The molecule has 0 radical (unpaired) electrons. The molecule has 1 fully saturated rings. The minimum atomic E-state index is -2.03. The molecular weight excluding hydrogens is 360 g/mol. The molecule has 0 aromatic rings. The molecular formula is C21H36O5Si. The van der Waals surface area contributed by atoms with Gasteiger partial charge in [0.15, 0.2) is 0 Å². The fraction of sp³-hybridized carbons (Fsp3) is 0.810. The van der Waals surface area contributed by atoms with E-state index in [1.807, 2.05) is 27.7 Å². The number of cyclic esters (lactones) is 1. The van der Waals surface area contributed by atoms with Crippen LogP contribution in [0, 0.1) is 17.8 Å². The zero-order chi connectivity index (χ0) is 20.8. The van der Waals surface area contributed by atoms with Gasteiger partial charge in [0.1, 0.15) is 5.60 Å². The Morgan fingerprint density at radius 2 is 1.78 bits per heavy atom. The minimum Gasteiger partial charge on any atom is -0.547 e. The fourth-order valence-corrected chi connectivity index (χ4v) is 4.59. The van der Waals surface area contributed by atoms with Crippen LogP contribution in [-0.2, 0) is 23.5 Å². The van der Waals surface area contributed by atoms with Crippen LogP contribution < -0.4 is 0 Å². The molecule has 2 rings (SSSR count). The fourth-order valence-electron chi connectivity index (χ4n) is 3.48. The molecule has 0 aromatic carbocycles. The van der Waals surface area contributed by atoms with Crippen LogP contribution in [0.4, 0.5) is 0 Å². The minimum absolute atomic E-state index is 0.0488. The van der Waals surface area contributed by atoms with Gasteiger partial charge in [0.2, 0.25) is 8.32 Å². The number of hydrogen-bond acceptors (Lipinski definition) is 5. The number of hydrogen-bond donors (Lipinski definition) is 0. The molecule has 2 aliphatic rings. The second-order valence-electron chi connectivity index (χ2n) is 10.5. The highest BCUT2D eigenvalue weighted by Crippen LogP contribution is 2.45. The van der Waals surface area contributed by atoms with Crippen LogP contribution in [0.25, 0.3) is 0 Å². The molecule has 1 aliphatic heterocycles. The maximum Gasteiger partial charge on any atom is 0.310 e. The Kier molecular flexibility index (Phi) is 5.92. The summed E-state index contributed by atoms with van der Waals surface area (Å²) in [5, 5.41) is 0.0604. The maximum absolute atomic E-state index is 12.9. The van der Waals surface area contributed by atoms with Crippen molar-refractivity contribution in [2.24, 2.45) is 17.8 Å². The van der Waals surface area contributed by atoms with Gasteiger partial charge in [0.25, 0.3) is 0 Å². The molecule has 0 saturated carbocycles. The molecule has 1 heterocycles. The average molecular weight is 397 g/mol. The van der Waals surface area contributed by atoms with E-state index >= 15 is 0 Å². The lowest BCUT2D eigenvalue weighted by atomic mass is 9.71. The molecule has 0 unspecified atom stereocenters. The van der Waals surface area contributed by atoms with Crippen LogP contribution in [0.1, 0.15) is 61.3 Å². The number of carbonyl (C=O) groups excluding carboxylic acids is 2. The average Bonchev–Trinajstić information content (AvgIpc) is 2.42. The van der Waals surface area contributed by atoms with Crippen molar-refractivity contribution in [1.29, 1.82) is 0 Å². The lowest BCUT2D eigenvalue weighted by molar-refractivity contribution is -0.178. The molecule has 27 heavy (non-hydrogen) atoms. The first-order chi connectivity index (χ1) is 12.1. The van der Waals surface area contributed by atoms with E-state index in [0.717, 1.165) is 5.76 Å². The Balaban J connectivity index is 2.34. The first-order valence-corrected chi connectivity index (χ1v) is 12.8. The SMILES string of the molecule is C[C@H]1C[C@H]2C=C(O[Si](C)(C)C(C)(C)C)C[C@H](C(=O)OC(C)(C)C)[C@H]2C(=O)O1. The summed E-state index contributed by atoms with van der Waals surface area (Å²) in [5.41, 5.74) is -0.597. The Hall–Kier alpha value is -1.30. The molecule has 0 bridgehead atoms. The largest absolute Gasteiger partial charge is 0.547 e. The third-order valence-electron chi connectivity index (χ3n) is 5.81. The Morgan fingerprint density at radius 3 is 2.30 bits per heavy atom. The van der Waals surface area contributed by atoms with Gasteiger partial charge in [-0.25, -0.2) is 0 Å². The lowest BCUT2D eigenvalue weighted by Gasteiger charge is -2.43. The molecule has 0 amide bonds. The normalized spacial score (nSPS) is 29.4. The Labute approximate surface area is 165 Å². The van der Waals surface area contributed by atoms with Crippen molar-refractivity contribution in [2.75, 3.05) is 0 Å². The highest BCUT2D eigenvalue weighted by atomic mass is 28.4. The van der Waals surface area contributed by atoms with E-state index in [4.69, 9.17) is 13.9 Å². The van der Waals surface area contributed by atoms with Gasteiger partial charge < -0.3 is 13.9 Å². The molecule has 1 saturated heterocycles. The topological polar surface area (TPSA) is 61.8 Å². The summed E-state index contributed by atoms with van der Waals surface area (Å²) in [6, 6.07) is 0. The van der Waals surface area contributed by atoms with Crippen LogP contribution >= 0.6 is 0 Å². The molecule has 4 atom stereocenters. The molecule has 0 spiro atoms. The van der Waals surface area contributed by atoms with E-state index in [1.165, 1.54) is 0 Å². The van der Waals surface area contributed by atoms with Crippen LogP contribution in [0.15, 0.2) is 11.8 Å². The van der Waals surface area contributed by atoms with E-state index in [9.17, 15) is 9.59 Å². The summed E-state index contributed by atoms with van der Waals surface area (Å²) in [5.74, 6) is -0.889. The summed E-state index contributed by atoms with van der Waals surface area (Å²) < 4.78 is 17.6. The van der Waals surface area contributed by atoms with Crippen LogP contribution in [0.5, 0.6) is 0 Å². The number of allylic oxidation sites excluding steroid dienone is 2. The predicted molar refractivity (Wildman–Crippen MR) is 107 cm³/mol. The van der Waals surface area contributed by atoms with Gasteiger partial charge in [-0.2, -0.15) is 0 Å². The maximum atomic E-state index is 12.9. The van der Waals surface area contributed by atoms with Gasteiger partial charge in [-0.05, 0) is 64.2 Å². The monoisotopic (exact) mass is 396 g/mol. The summed E-state index contributed by atoms with van der Waals surface area (Å²) in [4.78, 5) is 25.5. The van der Waals surface area contributed by atoms with E-state index in [0.29, 0.717) is 12.8 Å². The number of rotatable bonds is 3. The van der Waals surface area contributed by atoms with E-state index < -0.39 is 25.8 Å². The predicted octanol–water partition coefficient (Wildman–Crippen LogP) is 4.82. The van der Waals surface area contributed by atoms with Gasteiger partial charge in [-0.1, -0.05) is 20.8 Å². The highest BCUT2D eigenvalue weighted by Gasteiger charge is 2.49. The Morgan fingerprint density at radius 1 is 1.19 bits per heavy atom. The van der Waals surface area contributed by atoms with Crippen molar-refractivity contribution in [3.63, 3.8) is 0 Å². The molecule has 0 N–H and O–H groups in total. The van der Waals surface area contributed by atoms with Crippen molar-refractivity contribution < 1.29 is 23.5 Å². The van der Waals surface area contributed by atoms with Gasteiger partial charge in [-0.15, -0.1) is 0 Å². The third-order valence-corrected chi connectivity index (χ3v) is 10.2. The van der Waals surface area contributed by atoms with Crippen molar-refractivity contribution in [3.05, 3.63) is 11.8 Å². The van der Waals surface area contributed by atoms with Crippen LogP contribution in [0.3, 0.4) is 0 Å². The lowest BCUT2D eigenvalue weighted by Crippen LogP contribution is -2.48. The molecule has 5 nitrogen and oxygen atoms in total. The summed E-state index contributed by atoms with van der Waals surface area (Å²) in [7, 11) is -2.03. The zero-order valence-corrected chi connectivity index (χ0v) is 19.3. The Bertz CT molecular complexity index is 623. The molecule has 6 heteroatoms. The van der Waals surface area contributed by atoms with Gasteiger partial charge in [0, 0.05) is 6.42 Å². The number of fused-ring (bicyclic) bond motifs is 1. The number of esters is 2. The summed E-state index contributed by atoms with van der Waals surface area (Å²) in [6.07, 6.45) is 3.02. The first kappa shape index (κ1) is 22.0. The van der Waals surface area contributed by atoms with Crippen LogP contribution in [-0.4, -0.2) is 32.0 Å². The van der Waals surface area contributed by atoms with E-state index in [-0.39, 0.29) is 29.0 Å². The third kappa shape index (κ3) is 5.15. The standard InChI is InChI=1S/C21H36O5Si/c1-13-10-14-11-15(26-27(8,9)21(5,6)7)12-16(17(14)19(23)24-13)18(22)25-20(2,3)4/h11,13-14,16-17H,10,12H2,1-9H3/t13-,14-,16-,17-/m0/s1. The molecule has 154 valence electrons. The highest BCUT2D eigenvalue weighted by molar-refractivity contribution is 6.74. The number of carbonyl (C=O) groups is 2. The van der Waals surface area contributed by atoms with Crippen molar-refractivity contribution in [3.8, 4) is 0 Å². The van der Waals surface area contributed by atoms with Crippen molar-refractivity contribution >= 4 is 20.3 Å². The first-order valence-electron chi connectivity index (χ1n) is 9.94. The van der Waals surface area contributed by atoms with Gasteiger partial charge in [-0.3, -0.25) is 9.59 Å². The molecule has 1 aliphatic carbocycles.